The molecule has 0 aliphatic carbocycles. The number of carbonyl (C=O) groups is 2. The third-order valence-electron chi connectivity index (χ3n) is 4.35. The van der Waals surface area contributed by atoms with Gasteiger partial charge in [0.25, 0.3) is 5.91 Å². The number of amides is 3. The molecular formula is C15H21N3O3S. The first-order valence-electron chi connectivity index (χ1n) is 7.49. The molecule has 2 aliphatic heterocycles. The number of furan rings is 1. The molecule has 0 radical (unpaired) electrons. The number of nitrogens with zero attached hydrogens (tertiary/aromatic N) is 3. The Morgan fingerprint density at radius 1 is 1.27 bits per heavy atom. The molecule has 0 unspecified atom stereocenters. The van der Waals surface area contributed by atoms with Crippen LogP contribution in [0.1, 0.15) is 23.4 Å². The van der Waals surface area contributed by atoms with Crippen LogP contribution in [0.3, 0.4) is 0 Å². The summed E-state index contributed by atoms with van der Waals surface area (Å²) >= 11 is 1.83. The quantitative estimate of drug-likeness (QED) is 0.792. The zero-order chi connectivity index (χ0) is 15.7. The summed E-state index contributed by atoms with van der Waals surface area (Å²) in [6, 6.07) is 3.49. The Morgan fingerprint density at radius 3 is 2.59 bits per heavy atom. The zero-order valence-electron chi connectivity index (χ0n) is 12.9. The maximum absolute atomic E-state index is 12.6. The number of rotatable bonds is 1. The van der Waals surface area contributed by atoms with Crippen molar-refractivity contribution in [2.45, 2.75) is 17.7 Å². The second-order valence-electron chi connectivity index (χ2n) is 5.89. The van der Waals surface area contributed by atoms with Gasteiger partial charge in [-0.2, -0.15) is 0 Å². The first-order valence-corrected chi connectivity index (χ1v) is 8.48. The van der Waals surface area contributed by atoms with E-state index in [4.69, 9.17) is 4.42 Å². The number of thioether (sulfide) groups is 1. The van der Waals surface area contributed by atoms with Gasteiger partial charge in [-0.25, -0.2) is 4.79 Å². The van der Waals surface area contributed by atoms with Crippen molar-refractivity contribution in [3.63, 3.8) is 0 Å². The molecule has 2 aliphatic rings. The number of likely N-dealkylation sites (tertiary alicyclic amines) is 1. The predicted molar refractivity (Wildman–Crippen MR) is 84.8 cm³/mol. The van der Waals surface area contributed by atoms with E-state index >= 15 is 0 Å². The van der Waals surface area contributed by atoms with Gasteiger partial charge >= 0.3 is 6.03 Å². The number of carbonyl (C=O) groups excluding carboxylic acids is 2. The van der Waals surface area contributed by atoms with E-state index in [0.717, 1.165) is 25.1 Å². The summed E-state index contributed by atoms with van der Waals surface area (Å²) < 4.78 is 5.26. The highest BCUT2D eigenvalue weighted by Crippen LogP contribution is 2.44. The van der Waals surface area contributed by atoms with Crippen LogP contribution in [-0.4, -0.2) is 71.0 Å². The van der Waals surface area contributed by atoms with Crippen molar-refractivity contribution in [1.82, 2.24) is 14.7 Å². The number of hydrogen-bond donors (Lipinski definition) is 0. The van der Waals surface area contributed by atoms with Gasteiger partial charge in [-0.15, -0.1) is 11.8 Å². The van der Waals surface area contributed by atoms with Crippen molar-refractivity contribution < 1.29 is 14.0 Å². The van der Waals surface area contributed by atoms with E-state index in [9.17, 15) is 9.59 Å². The molecule has 2 saturated heterocycles. The summed E-state index contributed by atoms with van der Waals surface area (Å²) in [6.45, 7) is 2.11. The lowest BCUT2D eigenvalue weighted by Crippen LogP contribution is -2.54. The molecule has 120 valence electrons. The lowest BCUT2D eigenvalue weighted by molar-refractivity contribution is 0.0539. The Balaban J connectivity index is 1.71. The molecule has 3 amide bonds. The molecule has 0 atom stereocenters. The van der Waals surface area contributed by atoms with Crippen LogP contribution in [0.15, 0.2) is 22.8 Å². The summed E-state index contributed by atoms with van der Waals surface area (Å²) in [4.78, 5) is 29.9. The van der Waals surface area contributed by atoms with Crippen molar-refractivity contribution in [3.8, 4) is 0 Å². The van der Waals surface area contributed by atoms with E-state index in [0.29, 0.717) is 18.8 Å². The van der Waals surface area contributed by atoms with E-state index in [1.165, 1.54) is 6.26 Å². The van der Waals surface area contributed by atoms with Crippen molar-refractivity contribution in [2.24, 2.45) is 0 Å². The molecule has 3 rings (SSSR count). The zero-order valence-corrected chi connectivity index (χ0v) is 13.8. The highest BCUT2D eigenvalue weighted by molar-refractivity contribution is 8.00. The van der Waals surface area contributed by atoms with Gasteiger partial charge in [0.2, 0.25) is 0 Å². The van der Waals surface area contributed by atoms with Gasteiger partial charge in [0, 0.05) is 39.5 Å². The standard InChI is InChI=1S/C15H21N3O3S/c1-16(2)14(20)17-7-5-15(6-8-17)18(9-11-22-15)13(19)12-4-3-10-21-12/h3-4,10H,5-9,11H2,1-2H3. The summed E-state index contributed by atoms with van der Waals surface area (Å²) in [5.74, 6) is 1.30. The summed E-state index contributed by atoms with van der Waals surface area (Å²) in [5.41, 5.74) is 0. The Morgan fingerprint density at radius 2 is 2.00 bits per heavy atom. The third kappa shape index (κ3) is 2.58. The SMILES string of the molecule is CN(C)C(=O)N1CCC2(CC1)SCCN2C(=O)c1ccco1. The Kier molecular flexibility index (Phi) is 4.08. The molecule has 3 heterocycles. The Hall–Kier alpha value is -1.63. The second kappa shape index (κ2) is 5.87. The first kappa shape index (κ1) is 15.3. The number of piperidine rings is 1. The number of urea groups is 1. The molecule has 0 bridgehead atoms. The van der Waals surface area contributed by atoms with Crippen LogP contribution < -0.4 is 0 Å². The number of hydrogen-bond acceptors (Lipinski definition) is 4. The van der Waals surface area contributed by atoms with E-state index in [2.05, 4.69) is 0 Å². The van der Waals surface area contributed by atoms with Gasteiger partial charge in [-0.1, -0.05) is 0 Å². The van der Waals surface area contributed by atoms with Crippen molar-refractivity contribution in [1.29, 1.82) is 0 Å². The molecule has 7 heteroatoms. The molecule has 2 fully saturated rings. The Bertz CT molecular complexity index is 550. The third-order valence-corrected chi connectivity index (χ3v) is 5.91. The fourth-order valence-electron chi connectivity index (χ4n) is 3.17. The molecule has 0 aromatic carbocycles. The van der Waals surface area contributed by atoms with E-state index in [1.807, 2.05) is 21.6 Å². The first-order chi connectivity index (χ1) is 10.5. The van der Waals surface area contributed by atoms with Gasteiger partial charge in [-0.3, -0.25) is 4.79 Å². The average molecular weight is 323 g/mol. The molecule has 0 saturated carbocycles. The van der Waals surface area contributed by atoms with Crippen LogP contribution in [0, 0.1) is 0 Å². The lowest BCUT2D eigenvalue weighted by Gasteiger charge is -2.44. The molecular weight excluding hydrogens is 302 g/mol. The molecule has 1 aromatic rings. The highest BCUT2D eigenvalue weighted by Gasteiger charge is 2.47. The summed E-state index contributed by atoms with van der Waals surface area (Å²) in [6.07, 6.45) is 3.15. The maximum atomic E-state index is 12.6. The van der Waals surface area contributed by atoms with Crippen LogP contribution in [0.4, 0.5) is 4.79 Å². The van der Waals surface area contributed by atoms with Gasteiger partial charge in [0.05, 0.1) is 11.1 Å². The average Bonchev–Trinajstić information content (AvgIpc) is 3.17. The highest BCUT2D eigenvalue weighted by atomic mass is 32.2. The fraction of sp³-hybridized carbons (Fsp3) is 0.600. The maximum Gasteiger partial charge on any atom is 0.319 e. The molecule has 6 nitrogen and oxygen atoms in total. The second-order valence-corrected chi connectivity index (χ2v) is 7.35. The van der Waals surface area contributed by atoms with Crippen molar-refractivity contribution in [2.75, 3.05) is 39.5 Å². The monoisotopic (exact) mass is 323 g/mol. The molecule has 22 heavy (non-hydrogen) atoms. The van der Waals surface area contributed by atoms with Gasteiger partial charge in [-0.05, 0) is 25.0 Å². The van der Waals surface area contributed by atoms with Crippen LogP contribution in [0.2, 0.25) is 0 Å². The lowest BCUT2D eigenvalue weighted by atomic mass is 10.0. The van der Waals surface area contributed by atoms with Gasteiger partial charge in [0.1, 0.15) is 0 Å². The summed E-state index contributed by atoms with van der Waals surface area (Å²) in [5, 5.41) is 0. The van der Waals surface area contributed by atoms with Crippen LogP contribution in [0.5, 0.6) is 0 Å². The van der Waals surface area contributed by atoms with Gasteiger partial charge < -0.3 is 19.1 Å². The van der Waals surface area contributed by atoms with Crippen molar-refractivity contribution >= 4 is 23.7 Å². The van der Waals surface area contributed by atoms with E-state index < -0.39 is 0 Å². The summed E-state index contributed by atoms with van der Waals surface area (Å²) in [7, 11) is 3.54. The Labute approximate surface area is 134 Å². The minimum absolute atomic E-state index is 0.0395. The normalized spacial score (nSPS) is 20.5. The van der Waals surface area contributed by atoms with Crippen LogP contribution in [0.25, 0.3) is 0 Å². The van der Waals surface area contributed by atoms with Crippen molar-refractivity contribution in [3.05, 3.63) is 24.2 Å². The van der Waals surface area contributed by atoms with Crippen LogP contribution >= 0.6 is 11.8 Å². The van der Waals surface area contributed by atoms with Gasteiger partial charge in [0.15, 0.2) is 5.76 Å². The smallest absolute Gasteiger partial charge is 0.319 e. The van der Waals surface area contributed by atoms with Crippen LogP contribution in [-0.2, 0) is 0 Å². The van der Waals surface area contributed by atoms with E-state index in [1.54, 1.807) is 31.1 Å². The molecule has 1 aromatic heterocycles. The fourth-order valence-corrected chi connectivity index (χ4v) is 4.63. The predicted octanol–water partition coefficient (Wildman–Crippen LogP) is 1.94. The molecule has 0 N–H and O–H groups in total. The minimum atomic E-state index is -0.188. The topological polar surface area (TPSA) is 57.0 Å². The largest absolute Gasteiger partial charge is 0.459 e. The van der Waals surface area contributed by atoms with E-state index in [-0.39, 0.29) is 16.8 Å². The minimum Gasteiger partial charge on any atom is -0.459 e. The molecule has 1 spiro atoms.